The first-order valence-corrected chi connectivity index (χ1v) is 6.27. The molecule has 4 atom stereocenters. The first-order valence-electron chi connectivity index (χ1n) is 6.27. The highest BCUT2D eigenvalue weighted by Gasteiger charge is 2.50. The number of ether oxygens (including phenoxy) is 4. The van der Waals surface area contributed by atoms with Gasteiger partial charge in [-0.05, 0) is 33.1 Å². The van der Waals surface area contributed by atoms with E-state index in [4.69, 9.17) is 18.9 Å². The number of hydrogen-bond acceptors (Lipinski definition) is 4. The van der Waals surface area contributed by atoms with E-state index >= 15 is 0 Å². The zero-order valence-electron chi connectivity index (χ0n) is 9.98. The molecule has 4 nitrogen and oxygen atoms in total. The van der Waals surface area contributed by atoms with Gasteiger partial charge in [0.2, 0.25) is 0 Å². The van der Waals surface area contributed by atoms with Gasteiger partial charge in [0, 0.05) is 13.0 Å². The van der Waals surface area contributed by atoms with Crippen LogP contribution in [0.4, 0.5) is 0 Å². The minimum atomic E-state index is -0.492. The summed E-state index contributed by atoms with van der Waals surface area (Å²) < 4.78 is 23.1. The molecule has 0 bridgehead atoms. The maximum absolute atomic E-state index is 5.89. The molecule has 4 heteroatoms. The molecule has 0 N–H and O–H groups in total. The van der Waals surface area contributed by atoms with Crippen LogP contribution in [0.5, 0.6) is 0 Å². The van der Waals surface area contributed by atoms with Crippen LogP contribution in [0.1, 0.15) is 39.5 Å². The topological polar surface area (TPSA) is 36.9 Å². The zero-order chi connectivity index (χ0) is 11.2. The number of fused-ring (bicyclic) bond motifs is 1. The predicted octanol–water partition coefficient (Wildman–Crippen LogP) is 1.82. The van der Waals surface area contributed by atoms with E-state index < -0.39 is 5.79 Å². The van der Waals surface area contributed by atoms with Crippen molar-refractivity contribution in [1.82, 2.24) is 0 Å². The van der Waals surface area contributed by atoms with Crippen molar-refractivity contribution >= 4 is 0 Å². The summed E-state index contributed by atoms with van der Waals surface area (Å²) in [7, 11) is 0. The summed E-state index contributed by atoms with van der Waals surface area (Å²) in [5.41, 5.74) is 0. The maximum atomic E-state index is 5.89. The van der Waals surface area contributed by atoms with Gasteiger partial charge in [-0.1, -0.05) is 0 Å². The first-order chi connectivity index (χ1) is 7.64. The lowest BCUT2D eigenvalue weighted by Gasteiger charge is -2.28. The highest BCUT2D eigenvalue weighted by atomic mass is 16.8. The average molecular weight is 228 g/mol. The van der Waals surface area contributed by atoms with Gasteiger partial charge in [-0.2, -0.15) is 0 Å². The molecule has 0 amide bonds. The van der Waals surface area contributed by atoms with Gasteiger partial charge >= 0.3 is 0 Å². The lowest BCUT2D eigenvalue weighted by molar-refractivity contribution is -0.219. The van der Waals surface area contributed by atoms with Crippen molar-refractivity contribution in [3.63, 3.8) is 0 Å². The van der Waals surface area contributed by atoms with Crippen molar-refractivity contribution in [2.45, 2.75) is 69.9 Å². The molecule has 3 aliphatic rings. The SMILES string of the molecule is CC1(C)O[C@H]2O[C@H]([C@@H]3CCCCO3)C[C@H]2O1. The zero-order valence-corrected chi connectivity index (χ0v) is 9.98. The van der Waals surface area contributed by atoms with Crippen LogP contribution in [-0.4, -0.2) is 37.0 Å². The Morgan fingerprint density at radius 2 is 1.88 bits per heavy atom. The second-order valence-electron chi connectivity index (χ2n) is 5.36. The second kappa shape index (κ2) is 3.95. The molecular formula is C12H20O4. The summed E-state index contributed by atoms with van der Waals surface area (Å²) in [6.45, 7) is 4.73. The molecule has 3 aliphatic heterocycles. The van der Waals surface area contributed by atoms with Gasteiger partial charge in [-0.25, -0.2) is 0 Å². The Hall–Kier alpha value is -0.160. The van der Waals surface area contributed by atoms with Crippen LogP contribution in [0, 0.1) is 0 Å². The molecule has 3 saturated heterocycles. The molecule has 16 heavy (non-hydrogen) atoms. The van der Waals surface area contributed by atoms with Gasteiger partial charge in [-0.15, -0.1) is 0 Å². The largest absolute Gasteiger partial charge is 0.376 e. The standard InChI is InChI=1S/C12H20O4/c1-12(2)15-10-7-9(14-11(10)16-12)8-5-3-4-6-13-8/h8-11H,3-7H2,1-2H3/t8-,9-,10+,11+/m0/s1. The molecule has 3 fully saturated rings. The quantitative estimate of drug-likeness (QED) is 0.686. The van der Waals surface area contributed by atoms with E-state index in [1.807, 2.05) is 13.8 Å². The minimum absolute atomic E-state index is 0.0885. The Labute approximate surface area is 96.2 Å². The monoisotopic (exact) mass is 228 g/mol. The Bertz CT molecular complexity index is 244. The van der Waals surface area contributed by atoms with E-state index in [9.17, 15) is 0 Å². The Morgan fingerprint density at radius 1 is 1.00 bits per heavy atom. The van der Waals surface area contributed by atoms with Crippen molar-refractivity contribution in [3.05, 3.63) is 0 Å². The average Bonchev–Trinajstić information content (AvgIpc) is 2.72. The number of rotatable bonds is 1. The smallest absolute Gasteiger partial charge is 0.187 e. The molecule has 0 unspecified atom stereocenters. The predicted molar refractivity (Wildman–Crippen MR) is 56.9 cm³/mol. The highest BCUT2D eigenvalue weighted by Crippen LogP contribution is 2.39. The molecule has 92 valence electrons. The maximum Gasteiger partial charge on any atom is 0.187 e. The first kappa shape index (κ1) is 11.0. The van der Waals surface area contributed by atoms with E-state index in [1.165, 1.54) is 12.8 Å². The van der Waals surface area contributed by atoms with Gasteiger partial charge in [0.1, 0.15) is 6.10 Å². The van der Waals surface area contributed by atoms with Crippen LogP contribution in [0.25, 0.3) is 0 Å². The fourth-order valence-corrected chi connectivity index (χ4v) is 2.83. The lowest BCUT2D eigenvalue weighted by Crippen LogP contribution is -2.34. The van der Waals surface area contributed by atoms with Crippen LogP contribution >= 0.6 is 0 Å². The molecule has 3 heterocycles. The molecular weight excluding hydrogens is 208 g/mol. The van der Waals surface area contributed by atoms with Crippen LogP contribution in [0.3, 0.4) is 0 Å². The molecule has 0 radical (unpaired) electrons. The van der Waals surface area contributed by atoms with Gasteiger partial charge in [-0.3, -0.25) is 0 Å². The van der Waals surface area contributed by atoms with Crippen molar-refractivity contribution in [3.8, 4) is 0 Å². The molecule has 0 spiro atoms. The van der Waals surface area contributed by atoms with Crippen molar-refractivity contribution in [2.24, 2.45) is 0 Å². The molecule has 0 saturated carbocycles. The van der Waals surface area contributed by atoms with Crippen LogP contribution < -0.4 is 0 Å². The lowest BCUT2D eigenvalue weighted by atomic mass is 10.0. The molecule has 0 aromatic heterocycles. The van der Waals surface area contributed by atoms with Crippen LogP contribution in [0.15, 0.2) is 0 Å². The van der Waals surface area contributed by atoms with Gasteiger partial charge in [0.05, 0.1) is 12.2 Å². The Kier molecular flexibility index (Phi) is 2.70. The van der Waals surface area contributed by atoms with E-state index in [1.54, 1.807) is 0 Å². The molecule has 0 aromatic rings. The summed E-state index contributed by atoms with van der Waals surface area (Å²) in [6.07, 6.45) is 4.73. The summed E-state index contributed by atoms with van der Waals surface area (Å²) in [5, 5.41) is 0. The van der Waals surface area contributed by atoms with E-state index in [2.05, 4.69) is 0 Å². The van der Waals surface area contributed by atoms with Crippen LogP contribution in [-0.2, 0) is 18.9 Å². The van der Waals surface area contributed by atoms with Gasteiger partial charge < -0.3 is 18.9 Å². The third-order valence-electron chi connectivity index (χ3n) is 3.54. The minimum Gasteiger partial charge on any atom is -0.376 e. The Morgan fingerprint density at radius 3 is 2.56 bits per heavy atom. The fraction of sp³-hybridized carbons (Fsp3) is 1.00. The van der Waals surface area contributed by atoms with Gasteiger partial charge in [0.25, 0.3) is 0 Å². The van der Waals surface area contributed by atoms with Crippen molar-refractivity contribution in [1.29, 1.82) is 0 Å². The normalized spacial score (nSPS) is 46.9. The van der Waals surface area contributed by atoms with Crippen molar-refractivity contribution < 1.29 is 18.9 Å². The fourth-order valence-electron chi connectivity index (χ4n) is 2.83. The molecule has 0 aliphatic carbocycles. The highest BCUT2D eigenvalue weighted by molar-refractivity contribution is 4.89. The summed E-state index contributed by atoms with van der Waals surface area (Å²) in [5.74, 6) is -0.492. The van der Waals surface area contributed by atoms with Gasteiger partial charge in [0.15, 0.2) is 12.1 Å². The van der Waals surface area contributed by atoms with E-state index in [0.717, 1.165) is 19.4 Å². The van der Waals surface area contributed by atoms with E-state index in [0.29, 0.717) is 0 Å². The summed E-state index contributed by atoms with van der Waals surface area (Å²) in [6, 6.07) is 0. The summed E-state index contributed by atoms with van der Waals surface area (Å²) in [4.78, 5) is 0. The molecule has 3 rings (SSSR count). The molecule has 0 aromatic carbocycles. The third-order valence-corrected chi connectivity index (χ3v) is 3.54. The second-order valence-corrected chi connectivity index (χ2v) is 5.36. The third kappa shape index (κ3) is 1.99. The Balaban J connectivity index is 1.59. The van der Waals surface area contributed by atoms with E-state index in [-0.39, 0.29) is 24.6 Å². The summed E-state index contributed by atoms with van der Waals surface area (Å²) >= 11 is 0. The number of hydrogen-bond donors (Lipinski definition) is 0. The van der Waals surface area contributed by atoms with Crippen LogP contribution in [0.2, 0.25) is 0 Å². The van der Waals surface area contributed by atoms with Crippen molar-refractivity contribution in [2.75, 3.05) is 6.61 Å².